The standard InChI is InChI=1S/C19H23N5O3S3/c1-12-16(28-18(20-12)19(2,3)4)17(25)23-8-10-24(11-9-23)30(26,27)14-7-5-6-13-15(14)22-29-21-13/h5-7H,8-11H2,1-4H3. The van der Waals surface area contributed by atoms with Crippen LogP contribution in [0.25, 0.3) is 11.0 Å². The quantitative estimate of drug-likeness (QED) is 0.590. The van der Waals surface area contributed by atoms with Crippen LogP contribution in [-0.4, -0.2) is 63.4 Å². The summed E-state index contributed by atoms with van der Waals surface area (Å²) in [4.78, 5) is 20.1. The van der Waals surface area contributed by atoms with Gasteiger partial charge in [0.15, 0.2) is 0 Å². The number of amides is 1. The number of thiazole rings is 1. The van der Waals surface area contributed by atoms with E-state index in [4.69, 9.17) is 0 Å². The van der Waals surface area contributed by atoms with E-state index in [-0.39, 0.29) is 29.3 Å². The third-order valence-corrected chi connectivity index (χ3v) is 9.07. The van der Waals surface area contributed by atoms with E-state index in [0.29, 0.717) is 29.0 Å². The summed E-state index contributed by atoms with van der Waals surface area (Å²) in [5.74, 6) is -0.0802. The third kappa shape index (κ3) is 3.75. The molecule has 0 unspecified atom stereocenters. The number of fused-ring (bicyclic) bond motifs is 1. The van der Waals surface area contributed by atoms with Crippen molar-refractivity contribution in [2.75, 3.05) is 26.2 Å². The largest absolute Gasteiger partial charge is 0.335 e. The van der Waals surface area contributed by atoms with Crippen LogP contribution in [0.3, 0.4) is 0 Å². The minimum absolute atomic E-state index is 0.0802. The first-order chi connectivity index (χ1) is 14.1. The lowest BCUT2D eigenvalue weighted by atomic mass is 9.98. The molecule has 1 fully saturated rings. The number of piperazine rings is 1. The summed E-state index contributed by atoms with van der Waals surface area (Å²) in [6, 6.07) is 4.98. The van der Waals surface area contributed by atoms with E-state index in [1.165, 1.54) is 15.6 Å². The van der Waals surface area contributed by atoms with Gasteiger partial charge in [0.1, 0.15) is 20.8 Å². The molecule has 1 saturated heterocycles. The summed E-state index contributed by atoms with van der Waals surface area (Å²) >= 11 is 2.42. The first-order valence-corrected chi connectivity index (χ1v) is 12.6. The molecule has 0 spiro atoms. The number of aromatic nitrogens is 3. The molecular formula is C19H23N5O3S3. The summed E-state index contributed by atoms with van der Waals surface area (Å²) < 4.78 is 36.0. The minimum Gasteiger partial charge on any atom is -0.335 e. The average Bonchev–Trinajstić information content (AvgIpc) is 3.33. The van der Waals surface area contributed by atoms with Crippen molar-refractivity contribution in [2.24, 2.45) is 0 Å². The van der Waals surface area contributed by atoms with E-state index in [1.807, 2.05) is 6.92 Å². The van der Waals surface area contributed by atoms with Crippen molar-refractivity contribution in [3.8, 4) is 0 Å². The Morgan fingerprint density at radius 2 is 1.80 bits per heavy atom. The van der Waals surface area contributed by atoms with E-state index in [9.17, 15) is 13.2 Å². The molecule has 8 nitrogen and oxygen atoms in total. The van der Waals surface area contributed by atoms with Crippen molar-refractivity contribution in [3.63, 3.8) is 0 Å². The molecule has 0 bridgehead atoms. The number of nitrogens with zero attached hydrogens (tertiary/aromatic N) is 5. The van der Waals surface area contributed by atoms with Crippen molar-refractivity contribution >= 4 is 50.0 Å². The molecule has 4 rings (SSSR count). The predicted octanol–water partition coefficient (Wildman–Crippen LogP) is 2.90. The van der Waals surface area contributed by atoms with Gasteiger partial charge in [0.25, 0.3) is 5.91 Å². The van der Waals surface area contributed by atoms with E-state index in [0.717, 1.165) is 22.4 Å². The smallest absolute Gasteiger partial charge is 0.265 e. The normalized spacial score (nSPS) is 16.3. The first-order valence-electron chi connectivity index (χ1n) is 9.57. The van der Waals surface area contributed by atoms with Gasteiger partial charge in [-0.25, -0.2) is 13.4 Å². The summed E-state index contributed by atoms with van der Waals surface area (Å²) in [5.41, 5.74) is 1.58. The summed E-state index contributed by atoms with van der Waals surface area (Å²) in [6.07, 6.45) is 0. The lowest BCUT2D eigenvalue weighted by Crippen LogP contribution is -2.50. The lowest BCUT2D eigenvalue weighted by molar-refractivity contribution is 0.0702. The van der Waals surface area contributed by atoms with Gasteiger partial charge in [-0.1, -0.05) is 26.8 Å². The molecule has 3 heterocycles. The second kappa shape index (κ2) is 7.63. The van der Waals surface area contributed by atoms with Gasteiger partial charge in [0.2, 0.25) is 10.0 Å². The highest BCUT2D eigenvalue weighted by molar-refractivity contribution is 7.89. The van der Waals surface area contributed by atoms with Gasteiger partial charge >= 0.3 is 0 Å². The van der Waals surface area contributed by atoms with E-state index in [1.54, 1.807) is 23.1 Å². The summed E-state index contributed by atoms with van der Waals surface area (Å²) in [5, 5.41) is 0.925. The molecule has 2 aromatic heterocycles. The maximum absolute atomic E-state index is 13.2. The van der Waals surface area contributed by atoms with Gasteiger partial charge in [-0.3, -0.25) is 4.79 Å². The Bertz CT molecular complexity index is 1200. The maximum atomic E-state index is 13.2. The van der Waals surface area contributed by atoms with Crippen LogP contribution < -0.4 is 0 Å². The van der Waals surface area contributed by atoms with Crippen LogP contribution in [0, 0.1) is 6.92 Å². The molecule has 1 amide bonds. The molecule has 11 heteroatoms. The number of carbonyl (C=O) groups excluding carboxylic acids is 1. The van der Waals surface area contributed by atoms with Crippen LogP contribution in [0.4, 0.5) is 0 Å². The Balaban J connectivity index is 1.51. The van der Waals surface area contributed by atoms with Crippen molar-refractivity contribution < 1.29 is 13.2 Å². The van der Waals surface area contributed by atoms with Crippen LogP contribution in [0.2, 0.25) is 0 Å². The van der Waals surface area contributed by atoms with Crippen LogP contribution in [0.15, 0.2) is 23.1 Å². The SMILES string of the molecule is Cc1nc(C(C)(C)C)sc1C(=O)N1CCN(S(=O)(=O)c2cccc3nsnc23)CC1. The van der Waals surface area contributed by atoms with E-state index >= 15 is 0 Å². The van der Waals surface area contributed by atoms with Crippen molar-refractivity contribution in [1.82, 2.24) is 22.9 Å². The topological polar surface area (TPSA) is 96.4 Å². The molecule has 3 aromatic rings. The highest BCUT2D eigenvalue weighted by atomic mass is 32.2. The fourth-order valence-electron chi connectivity index (χ4n) is 3.32. The van der Waals surface area contributed by atoms with Crippen LogP contribution in [-0.2, 0) is 15.4 Å². The lowest BCUT2D eigenvalue weighted by Gasteiger charge is -2.33. The molecule has 1 aliphatic rings. The number of rotatable bonds is 3. The molecule has 1 aliphatic heterocycles. The number of aryl methyl sites for hydroxylation is 1. The zero-order valence-electron chi connectivity index (χ0n) is 17.2. The molecule has 0 radical (unpaired) electrons. The first kappa shape index (κ1) is 21.3. The number of benzene rings is 1. The third-order valence-electron chi connectivity index (χ3n) is 5.03. The highest BCUT2D eigenvalue weighted by Crippen LogP contribution is 2.30. The zero-order chi connectivity index (χ0) is 21.7. The van der Waals surface area contributed by atoms with Crippen LogP contribution in [0.1, 0.15) is 41.1 Å². The molecule has 1 aromatic carbocycles. The zero-order valence-corrected chi connectivity index (χ0v) is 19.7. The molecule has 160 valence electrons. The fourth-order valence-corrected chi connectivity index (χ4v) is 6.59. The fraction of sp³-hybridized carbons (Fsp3) is 0.474. The minimum atomic E-state index is -3.71. The summed E-state index contributed by atoms with van der Waals surface area (Å²) in [7, 11) is -3.71. The second-order valence-corrected chi connectivity index (χ2v) is 11.7. The Morgan fingerprint density at radius 1 is 1.10 bits per heavy atom. The van der Waals surface area contributed by atoms with Crippen LogP contribution >= 0.6 is 23.1 Å². The van der Waals surface area contributed by atoms with Crippen molar-refractivity contribution in [2.45, 2.75) is 38.0 Å². The molecule has 0 saturated carbocycles. The second-order valence-electron chi connectivity index (χ2n) is 8.27. The van der Waals surface area contributed by atoms with Gasteiger partial charge < -0.3 is 4.90 Å². The average molecular weight is 466 g/mol. The molecule has 0 N–H and O–H groups in total. The summed E-state index contributed by atoms with van der Waals surface area (Å²) in [6.45, 7) is 9.22. The van der Waals surface area contributed by atoms with Gasteiger partial charge in [0.05, 0.1) is 22.4 Å². The Kier molecular flexibility index (Phi) is 5.41. The van der Waals surface area contributed by atoms with Gasteiger partial charge in [-0.2, -0.15) is 13.1 Å². The Hall–Kier alpha value is -1.95. The van der Waals surface area contributed by atoms with Crippen LogP contribution in [0.5, 0.6) is 0 Å². The van der Waals surface area contributed by atoms with E-state index in [2.05, 4.69) is 34.5 Å². The molecule has 0 atom stereocenters. The Labute approximate surface area is 183 Å². The highest BCUT2D eigenvalue weighted by Gasteiger charge is 2.33. The van der Waals surface area contributed by atoms with Crippen molar-refractivity contribution in [1.29, 1.82) is 0 Å². The number of carbonyl (C=O) groups is 1. The molecule has 30 heavy (non-hydrogen) atoms. The number of hydrogen-bond donors (Lipinski definition) is 0. The predicted molar refractivity (Wildman–Crippen MR) is 118 cm³/mol. The maximum Gasteiger partial charge on any atom is 0.265 e. The molecule has 0 aliphatic carbocycles. The van der Waals surface area contributed by atoms with Crippen molar-refractivity contribution in [3.05, 3.63) is 33.8 Å². The van der Waals surface area contributed by atoms with Gasteiger partial charge in [0, 0.05) is 31.6 Å². The number of hydrogen-bond acceptors (Lipinski definition) is 8. The molecular weight excluding hydrogens is 442 g/mol. The van der Waals surface area contributed by atoms with E-state index < -0.39 is 10.0 Å². The van der Waals surface area contributed by atoms with Gasteiger partial charge in [-0.15, -0.1) is 11.3 Å². The Morgan fingerprint density at radius 3 is 2.43 bits per heavy atom. The van der Waals surface area contributed by atoms with Gasteiger partial charge in [-0.05, 0) is 19.1 Å². The number of sulfonamides is 1. The monoisotopic (exact) mass is 465 g/mol.